The fourth-order valence-corrected chi connectivity index (χ4v) is 9.53. The van der Waals surface area contributed by atoms with E-state index in [0.29, 0.717) is 34.9 Å². The molecule has 0 amide bonds. The molecule has 0 aliphatic heterocycles. The molecule has 6 nitrogen and oxygen atoms in total. The summed E-state index contributed by atoms with van der Waals surface area (Å²) in [5, 5.41) is 7.09. The van der Waals surface area contributed by atoms with Gasteiger partial charge in [0.1, 0.15) is 5.69 Å². The number of esters is 1. The molecule has 7 heteroatoms. The summed E-state index contributed by atoms with van der Waals surface area (Å²) in [6, 6.07) is 22.7. The zero-order valence-corrected chi connectivity index (χ0v) is 22.3. The van der Waals surface area contributed by atoms with Crippen LogP contribution < -0.4 is 10.4 Å². The molecule has 0 bridgehead atoms. The van der Waals surface area contributed by atoms with Crippen LogP contribution in [-0.2, 0) is 15.8 Å². The summed E-state index contributed by atoms with van der Waals surface area (Å²) in [7, 11) is -2.79. The molecule has 186 valence electrons. The van der Waals surface area contributed by atoms with E-state index in [1.54, 1.807) is 6.92 Å². The Kier molecular flexibility index (Phi) is 6.53. The lowest BCUT2D eigenvalue weighted by atomic mass is 10.1. The first kappa shape index (κ1) is 24.4. The van der Waals surface area contributed by atoms with Crippen LogP contribution in [0.25, 0.3) is 11.1 Å². The molecule has 2 heterocycles. The van der Waals surface area contributed by atoms with Crippen molar-refractivity contribution in [3.63, 3.8) is 0 Å². The molecular formula is C29H32N2O4Si. The number of nitrogens with zero attached hydrogens (tertiary/aromatic N) is 2. The largest absolute Gasteiger partial charge is 0.462 e. The molecule has 0 saturated heterocycles. The van der Waals surface area contributed by atoms with Crippen LogP contribution in [0.5, 0.6) is 0 Å². The molecule has 1 fully saturated rings. The third kappa shape index (κ3) is 4.37. The van der Waals surface area contributed by atoms with E-state index in [1.165, 1.54) is 10.4 Å². The van der Waals surface area contributed by atoms with E-state index in [4.69, 9.17) is 13.7 Å². The first-order valence-electron chi connectivity index (χ1n) is 12.6. The van der Waals surface area contributed by atoms with Gasteiger partial charge < -0.3 is 13.7 Å². The van der Waals surface area contributed by atoms with Gasteiger partial charge in [0, 0.05) is 11.6 Å². The lowest BCUT2D eigenvalue weighted by Gasteiger charge is -2.42. The van der Waals surface area contributed by atoms with Crippen molar-refractivity contribution in [1.29, 1.82) is 0 Å². The summed E-state index contributed by atoms with van der Waals surface area (Å²) < 4.78 is 18.1. The number of hydrogen-bond acceptors (Lipinski definition) is 6. The highest BCUT2D eigenvalue weighted by Gasteiger charge is 2.50. The topological polar surface area (TPSA) is 74.5 Å². The van der Waals surface area contributed by atoms with Crippen LogP contribution in [0.15, 0.2) is 71.3 Å². The molecule has 0 spiro atoms. The average molecular weight is 501 g/mol. The Morgan fingerprint density at radius 3 is 2.17 bits per heavy atom. The van der Waals surface area contributed by atoms with Gasteiger partial charge in [-0.15, -0.1) is 0 Å². The molecule has 0 atom stereocenters. The van der Waals surface area contributed by atoms with Crippen LogP contribution in [0.2, 0.25) is 5.04 Å². The number of pyridine rings is 1. The number of benzene rings is 2. The van der Waals surface area contributed by atoms with Crippen LogP contribution in [0.1, 0.15) is 68.2 Å². The molecule has 1 saturated carbocycles. The zero-order valence-electron chi connectivity index (χ0n) is 21.3. The Morgan fingerprint density at radius 1 is 1.03 bits per heavy atom. The molecule has 0 radical (unpaired) electrons. The van der Waals surface area contributed by atoms with Crippen molar-refractivity contribution in [2.45, 2.75) is 58.1 Å². The van der Waals surface area contributed by atoms with Gasteiger partial charge in [0.25, 0.3) is 14.0 Å². The van der Waals surface area contributed by atoms with Crippen molar-refractivity contribution >= 4 is 35.8 Å². The number of carbonyl (C=O) groups is 1. The van der Waals surface area contributed by atoms with Gasteiger partial charge in [0.05, 0.1) is 24.2 Å². The Labute approximate surface area is 212 Å². The van der Waals surface area contributed by atoms with Crippen molar-refractivity contribution in [3.05, 3.63) is 83.7 Å². The van der Waals surface area contributed by atoms with Gasteiger partial charge in [0.2, 0.25) is 0 Å². The van der Waals surface area contributed by atoms with Crippen molar-refractivity contribution in [3.8, 4) is 0 Å². The second kappa shape index (κ2) is 9.63. The maximum atomic E-state index is 13.0. The summed E-state index contributed by atoms with van der Waals surface area (Å²) in [5.41, 5.74) is 2.24. The zero-order chi connectivity index (χ0) is 25.3. The molecular weight excluding hydrogens is 468 g/mol. The van der Waals surface area contributed by atoms with Gasteiger partial charge in [0.15, 0.2) is 0 Å². The highest BCUT2D eigenvalue weighted by atomic mass is 28.4. The number of ether oxygens (including phenoxy) is 1. The van der Waals surface area contributed by atoms with Crippen molar-refractivity contribution in [1.82, 2.24) is 10.1 Å². The maximum absolute atomic E-state index is 13.0. The maximum Gasteiger partial charge on any atom is 0.339 e. The van der Waals surface area contributed by atoms with E-state index in [9.17, 15) is 4.79 Å². The summed E-state index contributed by atoms with van der Waals surface area (Å²) in [4.78, 5) is 17.6. The predicted octanol–water partition coefficient (Wildman–Crippen LogP) is 5.35. The third-order valence-electron chi connectivity index (χ3n) is 6.87. The van der Waals surface area contributed by atoms with Crippen molar-refractivity contribution in [2.24, 2.45) is 0 Å². The van der Waals surface area contributed by atoms with E-state index in [1.807, 2.05) is 18.2 Å². The second-order valence-electron chi connectivity index (χ2n) is 10.4. The SMILES string of the molecule is CCOC(=O)c1cc(C2CC2)nc2onc(CO[Si](c3ccccc3)(c3ccccc3)C(C)(C)C)c12. The van der Waals surface area contributed by atoms with Gasteiger partial charge in [-0.3, -0.25) is 0 Å². The lowest BCUT2D eigenvalue weighted by molar-refractivity contribution is 0.0528. The molecule has 2 aromatic carbocycles. The molecule has 36 heavy (non-hydrogen) atoms. The lowest BCUT2D eigenvalue weighted by Crippen LogP contribution is -2.66. The molecule has 1 aliphatic rings. The summed E-state index contributed by atoms with van der Waals surface area (Å²) in [6.07, 6.45) is 2.14. The van der Waals surface area contributed by atoms with E-state index < -0.39 is 8.32 Å². The fourth-order valence-electron chi connectivity index (χ4n) is 5.02. The minimum Gasteiger partial charge on any atom is -0.462 e. The number of hydrogen-bond donors (Lipinski definition) is 0. The van der Waals surface area contributed by atoms with Crippen LogP contribution in [0.4, 0.5) is 0 Å². The van der Waals surface area contributed by atoms with E-state index in [0.717, 1.165) is 18.5 Å². The summed E-state index contributed by atoms with van der Waals surface area (Å²) in [6.45, 7) is 8.98. The van der Waals surface area contributed by atoms with Crippen LogP contribution in [0, 0.1) is 0 Å². The van der Waals surface area contributed by atoms with Crippen molar-refractivity contribution in [2.75, 3.05) is 6.61 Å². The molecule has 2 aromatic heterocycles. The smallest absolute Gasteiger partial charge is 0.339 e. The summed E-state index contributed by atoms with van der Waals surface area (Å²) in [5.74, 6) is -0.0221. The quantitative estimate of drug-likeness (QED) is 0.240. The fraction of sp³-hybridized carbons (Fsp3) is 0.345. The monoisotopic (exact) mass is 500 g/mol. The van der Waals surface area contributed by atoms with E-state index in [2.05, 4.69) is 79.4 Å². The Balaban J connectivity index is 1.61. The van der Waals surface area contributed by atoms with Gasteiger partial charge >= 0.3 is 5.97 Å². The Bertz CT molecular complexity index is 1320. The minimum atomic E-state index is -2.79. The molecule has 0 unspecified atom stereocenters. The molecule has 5 rings (SSSR count). The van der Waals surface area contributed by atoms with Gasteiger partial charge in [-0.1, -0.05) is 86.6 Å². The first-order chi connectivity index (χ1) is 17.3. The molecule has 0 N–H and O–H groups in total. The predicted molar refractivity (Wildman–Crippen MR) is 142 cm³/mol. The number of carbonyl (C=O) groups excluding carboxylic acids is 1. The highest BCUT2D eigenvalue weighted by Crippen LogP contribution is 2.41. The minimum absolute atomic E-state index is 0.184. The normalized spacial score (nSPS) is 14.2. The number of aromatic nitrogens is 2. The highest BCUT2D eigenvalue weighted by molar-refractivity contribution is 6.99. The van der Waals surface area contributed by atoms with Crippen LogP contribution >= 0.6 is 0 Å². The average Bonchev–Trinajstić information content (AvgIpc) is 3.65. The number of rotatable bonds is 8. The van der Waals surface area contributed by atoms with Gasteiger partial charge in [-0.25, -0.2) is 9.78 Å². The Morgan fingerprint density at radius 2 is 1.64 bits per heavy atom. The van der Waals surface area contributed by atoms with Crippen molar-refractivity contribution < 1.29 is 18.5 Å². The number of fused-ring (bicyclic) bond motifs is 1. The van der Waals surface area contributed by atoms with E-state index in [-0.39, 0.29) is 17.6 Å². The van der Waals surface area contributed by atoms with E-state index >= 15 is 0 Å². The van der Waals surface area contributed by atoms with Crippen LogP contribution in [0.3, 0.4) is 0 Å². The Hall–Kier alpha value is -3.29. The molecule has 4 aromatic rings. The van der Waals surface area contributed by atoms with Crippen LogP contribution in [-0.4, -0.2) is 31.0 Å². The summed E-state index contributed by atoms with van der Waals surface area (Å²) >= 11 is 0. The van der Waals surface area contributed by atoms with Gasteiger partial charge in [-0.05, 0) is 41.2 Å². The third-order valence-corrected chi connectivity index (χ3v) is 11.9. The molecule has 1 aliphatic carbocycles. The standard InChI is InChI=1S/C29H32N2O4Si/c1-5-33-28(32)23-18-24(20-16-17-20)30-27-26(23)25(31-35-27)19-34-36(29(2,3)4,21-12-8-6-9-13-21)22-14-10-7-11-15-22/h6-15,18,20H,5,16-17,19H2,1-4H3. The van der Waals surface area contributed by atoms with Gasteiger partial charge in [-0.2, -0.15) is 0 Å². The first-order valence-corrected chi connectivity index (χ1v) is 14.5. The second-order valence-corrected chi connectivity index (χ2v) is 14.7.